The van der Waals surface area contributed by atoms with E-state index in [0.717, 1.165) is 22.6 Å². The zero-order valence-electron chi connectivity index (χ0n) is 12.5. The molecule has 0 bridgehead atoms. The monoisotopic (exact) mass is 300 g/mol. The molecule has 0 saturated carbocycles. The maximum atomic E-state index is 11.9. The smallest absolute Gasteiger partial charge is 0.250 e. The van der Waals surface area contributed by atoms with E-state index >= 15 is 0 Å². The number of hydrogen-bond donors (Lipinski definition) is 2. The molecule has 1 amide bonds. The fraction of sp³-hybridized carbons (Fsp3) is 0.235. The van der Waals surface area contributed by atoms with Gasteiger partial charge in [-0.2, -0.15) is 0 Å². The third-order valence-electron chi connectivity index (χ3n) is 3.15. The first-order chi connectivity index (χ1) is 10.7. The van der Waals surface area contributed by atoms with Gasteiger partial charge in [-0.1, -0.05) is 30.3 Å². The van der Waals surface area contributed by atoms with Gasteiger partial charge in [-0.05, 0) is 29.3 Å². The minimum absolute atomic E-state index is 0.0177. The number of carbonyl (C=O) groups is 1. The zero-order chi connectivity index (χ0) is 15.8. The number of nitrogens with one attached hydrogen (secondary N) is 1. The van der Waals surface area contributed by atoms with E-state index in [-0.39, 0.29) is 12.5 Å². The number of methoxy groups -OCH3 is 1. The van der Waals surface area contributed by atoms with E-state index in [0.29, 0.717) is 13.2 Å². The van der Waals surface area contributed by atoms with E-state index in [9.17, 15) is 4.79 Å². The molecule has 3 N–H and O–H groups in total. The van der Waals surface area contributed by atoms with Crippen molar-refractivity contribution in [2.45, 2.75) is 13.2 Å². The fourth-order valence-corrected chi connectivity index (χ4v) is 2.03. The Bertz CT molecular complexity index is 629. The summed E-state index contributed by atoms with van der Waals surface area (Å²) in [5, 5.41) is 2.80. The molecule has 2 aromatic rings. The normalized spacial score (nSPS) is 10.3. The van der Waals surface area contributed by atoms with Gasteiger partial charge in [-0.3, -0.25) is 4.79 Å². The molecule has 0 saturated heterocycles. The highest BCUT2D eigenvalue weighted by Gasteiger charge is 2.06. The van der Waals surface area contributed by atoms with Crippen LogP contribution in [0.3, 0.4) is 0 Å². The predicted octanol–water partition coefficient (Wildman–Crippen LogP) is 2.31. The van der Waals surface area contributed by atoms with Gasteiger partial charge in [0.1, 0.15) is 12.4 Å². The molecule has 0 fully saturated rings. The lowest BCUT2D eigenvalue weighted by Crippen LogP contribution is -2.19. The summed E-state index contributed by atoms with van der Waals surface area (Å²) < 4.78 is 10.6. The molecule has 2 aromatic carbocycles. The van der Waals surface area contributed by atoms with Crippen LogP contribution in [0.4, 0.5) is 5.69 Å². The van der Waals surface area contributed by atoms with Crippen LogP contribution in [0, 0.1) is 0 Å². The van der Waals surface area contributed by atoms with E-state index in [1.807, 2.05) is 48.5 Å². The summed E-state index contributed by atoms with van der Waals surface area (Å²) in [4.78, 5) is 11.9. The number of rotatable bonds is 7. The molecule has 0 radical (unpaired) electrons. The van der Waals surface area contributed by atoms with Crippen molar-refractivity contribution >= 4 is 11.6 Å². The maximum absolute atomic E-state index is 11.9. The Kier molecular flexibility index (Phi) is 5.94. The Morgan fingerprint density at radius 1 is 1.18 bits per heavy atom. The lowest BCUT2D eigenvalue weighted by molar-refractivity contribution is -0.121. The van der Waals surface area contributed by atoms with Crippen LogP contribution < -0.4 is 15.8 Å². The highest BCUT2D eigenvalue weighted by atomic mass is 16.5. The van der Waals surface area contributed by atoms with Gasteiger partial charge in [0.15, 0.2) is 0 Å². The number of benzene rings is 2. The van der Waals surface area contributed by atoms with Crippen LogP contribution in [0.25, 0.3) is 0 Å². The molecule has 116 valence electrons. The van der Waals surface area contributed by atoms with Crippen LogP contribution in [0.1, 0.15) is 11.1 Å². The van der Waals surface area contributed by atoms with Crippen LogP contribution in [0.15, 0.2) is 48.5 Å². The summed E-state index contributed by atoms with van der Waals surface area (Å²) in [6, 6.07) is 15.0. The van der Waals surface area contributed by atoms with E-state index in [2.05, 4.69) is 5.32 Å². The van der Waals surface area contributed by atoms with Gasteiger partial charge >= 0.3 is 0 Å². The lowest BCUT2D eigenvalue weighted by atomic mass is 10.2. The van der Waals surface area contributed by atoms with E-state index < -0.39 is 0 Å². The number of para-hydroxylation sites is 1. The van der Waals surface area contributed by atoms with Crippen molar-refractivity contribution in [3.63, 3.8) is 0 Å². The summed E-state index contributed by atoms with van der Waals surface area (Å²) >= 11 is 0. The first-order valence-electron chi connectivity index (χ1n) is 7.01. The molecular formula is C17H20N2O3. The Morgan fingerprint density at radius 3 is 2.77 bits per heavy atom. The highest BCUT2D eigenvalue weighted by molar-refractivity contribution is 5.92. The number of anilines is 1. The van der Waals surface area contributed by atoms with Crippen LogP contribution in [0.2, 0.25) is 0 Å². The van der Waals surface area contributed by atoms with Gasteiger partial charge in [-0.15, -0.1) is 0 Å². The second kappa shape index (κ2) is 8.17. The first-order valence-corrected chi connectivity index (χ1v) is 7.01. The van der Waals surface area contributed by atoms with E-state index in [1.54, 1.807) is 7.11 Å². The van der Waals surface area contributed by atoms with Gasteiger partial charge in [0, 0.05) is 12.2 Å². The van der Waals surface area contributed by atoms with Crippen molar-refractivity contribution in [3.05, 3.63) is 59.7 Å². The minimum Gasteiger partial charge on any atom is -0.497 e. The summed E-state index contributed by atoms with van der Waals surface area (Å²) in [6.45, 7) is 0.709. The Morgan fingerprint density at radius 2 is 2.00 bits per heavy atom. The standard InChI is InChI=1S/C17H20N2O3/c1-21-15-7-4-5-13(9-15)11-22-12-17(20)19-16-8-3-2-6-14(16)10-18/h2-9H,10-12,18H2,1H3,(H,19,20). The number of amides is 1. The van der Waals surface area contributed by atoms with Crippen molar-refractivity contribution in [2.75, 3.05) is 19.0 Å². The van der Waals surface area contributed by atoms with Crippen molar-refractivity contribution in [3.8, 4) is 5.75 Å². The summed E-state index contributed by atoms with van der Waals surface area (Å²) in [5.41, 5.74) is 8.20. The van der Waals surface area contributed by atoms with Gasteiger partial charge in [0.05, 0.1) is 13.7 Å². The first kappa shape index (κ1) is 16.0. The number of carbonyl (C=O) groups excluding carboxylic acids is 1. The predicted molar refractivity (Wildman–Crippen MR) is 85.6 cm³/mol. The van der Waals surface area contributed by atoms with Crippen LogP contribution in [0.5, 0.6) is 5.75 Å². The van der Waals surface area contributed by atoms with Crippen LogP contribution in [-0.4, -0.2) is 19.6 Å². The molecule has 5 nitrogen and oxygen atoms in total. The van der Waals surface area contributed by atoms with Crippen molar-refractivity contribution in [1.82, 2.24) is 0 Å². The third-order valence-corrected chi connectivity index (χ3v) is 3.15. The molecule has 5 heteroatoms. The molecule has 0 aliphatic carbocycles. The molecule has 0 aromatic heterocycles. The molecule has 0 heterocycles. The van der Waals surface area contributed by atoms with E-state index in [4.69, 9.17) is 15.2 Å². The van der Waals surface area contributed by atoms with Crippen LogP contribution >= 0.6 is 0 Å². The lowest BCUT2D eigenvalue weighted by Gasteiger charge is -2.10. The summed E-state index contributed by atoms with van der Waals surface area (Å²) in [7, 11) is 1.61. The molecule has 0 spiro atoms. The number of ether oxygens (including phenoxy) is 2. The van der Waals surface area contributed by atoms with Gasteiger partial charge < -0.3 is 20.5 Å². The quantitative estimate of drug-likeness (QED) is 0.823. The Balaban J connectivity index is 1.82. The average Bonchev–Trinajstić information content (AvgIpc) is 2.55. The number of nitrogens with two attached hydrogens (primary N) is 1. The molecule has 0 aliphatic heterocycles. The van der Waals surface area contributed by atoms with Crippen molar-refractivity contribution in [1.29, 1.82) is 0 Å². The molecule has 0 aliphatic rings. The second-order valence-corrected chi connectivity index (χ2v) is 4.75. The minimum atomic E-state index is -0.205. The maximum Gasteiger partial charge on any atom is 0.250 e. The second-order valence-electron chi connectivity index (χ2n) is 4.75. The molecule has 0 atom stereocenters. The molecule has 0 unspecified atom stereocenters. The van der Waals surface area contributed by atoms with Crippen LogP contribution in [-0.2, 0) is 22.7 Å². The largest absolute Gasteiger partial charge is 0.497 e. The Labute approximate surface area is 130 Å². The Hall–Kier alpha value is -2.37. The zero-order valence-corrected chi connectivity index (χ0v) is 12.5. The molecule has 22 heavy (non-hydrogen) atoms. The SMILES string of the molecule is COc1cccc(COCC(=O)Nc2ccccc2CN)c1. The molecular weight excluding hydrogens is 280 g/mol. The summed E-state index contributed by atoms with van der Waals surface area (Å²) in [5.74, 6) is 0.561. The summed E-state index contributed by atoms with van der Waals surface area (Å²) in [6.07, 6.45) is 0. The fourth-order valence-electron chi connectivity index (χ4n) is 2.03. The van der Waals surface area contributed by atoms with Crippen molar-refractivity contribution in [2.24, 2.45) is 5.73 Å². The molecule has 2 rings (SSSR count). The van der Waals surface area contributed by atoms with Gasteiger partial charge in [-0.25, -0.2) is 0 Å². The van der Waals surface area contributed by atoms with E-state index in [1.165, 1.54) is 0 Å². The van der Waals surface area contributed by atoms with Crippen molar-refractivity contribution < 1.29 is 14.3 Å². The average molecular weight is 300 g/mol. The highest BCUT2D eigenvalue weighted by Crippen LogP contribution is 2.15. The van der Waals surface area contributed by atoms with Gasteiger partial charge in [0.2, 0.25) is 5.91 Å². The van der Waals surface area contributed by atoms with Gasteiger partial charge in [0.25, 0.3) is 0 Å². The topological polar surface area (TPSA) is 73.6 Å². The third kappa shape index (κ3) is 4.58. The number of hydrogen-bond acceptors (Lipinski definition) is 4.